The predicted octanol–water partition coefficient (Wildman–Crippen LogP) is 2.81. The van der Waals surface area contributed by atoms with Crippen molar-refractivity contribution in [3.05, 3.63) is 45.8 Å². The zero-order valence-electron chi connectivity index (χ0n) is 13.5. The Kier molecular flexibility index (Phi) is 5.10. The lowest BCUT2D eigenvalue weighted by Gasteiger charge is -2.09. The highest BCUT2D eigenvalue weighted by Gasteiger charge is 2.19. The number of halogens is 1. The maximum Gasteiger partial charge on any atom is 0.319 e. The summed E-state index contributed by atoms with van der Waals surface area (Å²) in [5.74, 6) is -0.360. The van der Waals surface area contributed by atoms with Gasteiger partial charge in [-0.3, -0.25) is 9.59 Å². The molecule has 0 amide bonds. The van der Waals surface area contributed by atoms with Crippen LogP contribution in [-0.2, 0) is 9.53 Å². The number of hydrogen-bond acceptors (Lipinski definition) is 6. The van der Waals surface area contributed by atoms with Gasteiger partial charge >= 0.3 is 5.97 Å². The van der Waals surface area contributed by atoms with E-state index in [0.29, 0.717) is 27.8 Å². The van der Waals surface area contributed by atoms with E-state index >= 15 is 0 Å². The van der Waals surface area contributed by atoms with Crippen molar-refractivity contribution < 1.29 is 9.53 Å². The van der Waals surface area contributed by atoms with Crippen molar-refractivity contribution in [1.82, 2.24) is 19.7 Å². The minimum absolute atomic E-state index is 0.302. The molecule has 25 heavy (non-hydrogen) atoms. The molecular formula is C16H15ClN4O3S. The third kappa shape index (κ3) is 3.69. The Bertz CT molecular complexity index is 968. The number of hydrogen-bond donors (Lipinski definition) is 1. The molecule has 0 radical (unpaired) electrons. The van der Waals surface area contributed by atoms with Gasteiger partial charge < -0.3 is 9.72 Å². The van der Waals surface area contributed by atoms with Crippen LogP contribution in [0.15, 0.2) is 40.4 Å². The third-order valence-corrected chi connectivity index (χ3v) is 4.61. The first-order chi connectivity index (χ1) is 12.0. The first kappa shape index (κ1) is 17.5. The number of fused-ring (bicyclic) bond motifs is 1. The molecule has 0 fully saturated rings. The summed E-state index contributed by atoms with van der Waals surface area (Å²) in [6, 6.07) is 7.03. The molecule has 2 heterocycles. The number of carbonyl (C=O) groups excluding carboxylic acids is 1. The number of benzene rings is 1. The molecule has 1 aromatic carbocycles. The lowest BCUT2D eigenvalue weighted by Crippen LogP contribution is -2.18. The number of thioether (sulfide) groups is 1. The number of nitrogens with one attached hydrogen (secondary N) is 1. The van der Waals surface area contributed by atoms with Gasteiger partial charge in [-0.2, -0.15) is 5.10 Å². The number of rotatable bonds is 5. The summed E-state index contributed by atoms with van der Waals surface area (Å²) in [4.78, 5) is 31.2. The quantitative estimate of drug-likeness (QED) is 0.417. The fourth-order valence-electron chi connectivity index (χ4n) is 2.20. The van der Waals surface area contributed by atoms with E-state index in [-0.39, 0.29) is 11.5 Å². The summed E-state index contributed by atoms with van der Waals surface area (Å²) in [6.45, 7) is 3.74. The van der Waals surface area contributed by atoms with Crippen LogP contribution in [0.3, 0.4) is 0 Å². The molecule has 2 aromatic heterocycles. The molecule has 1 atom stereocenters. The minimum atomic E-state index is -0.493. The van der Waals surface area contributed by atoms with E-state index in [1.165, 1.54) is 6.20 Å². The van der Waals surface area contributed by atoms with Crippen molar-refractivity contribution in [3.8, 4) is 5.69 Å². The molecule has 130 valence electrons. The van der Waals surface area contributed by atoms with Gasteiger partial charge in [0, 0.05) is 5.02 Å². The number of H-pyrrole nitrogens is 1. The van der Waals surface area contributed by atoms with E-state index in [9.17, 15) is 9.59 Å². The lowest BCUT2D eigenvalue weighted by atomic mass is 10.3. The van der Waals surface area contributed by atoms with Crippen LogP contribution in [0.5, 0.6) is 0 Å². The van der Waals surface area contributed by atoms with Crippen molar-refractivity contribution in [3.63, 3.8) is 0 Å². The third-order valence-electron chi connectivity index (χ3n) is 3.39. The highest BCUT2D eigenvalue weighted by molar-refractivity contribution is 8.00. The number of esters is 1. The van der Waals surface area contributed by atoms with Crippen LogP contribution in [0.1, 0.15) is 13.8 Å². The Balaban J connectivity index is 2.00. The van der Waals surface area contributed by atoms with Crippen molar-refractivity contribution in [2.24, 2.45) is 0 Å². The smallest absolute Gasteiger partial charge is 0.319 e. The van der Waals surface area contributed by atoms with Gasteiger partial charge in [-0.25, -0.2) is 9.67 Å². The maximum absolute atomic E-state index is 12.3. The highest BCUT2D eigenvalue weighted by Crippen LogP contribution is 2.22. The van der Waals surface area contributed by atoms with Gasteiger partial charge in [-0.1, -0.05) is 23.4 Å². The number of ether oxygens (including phenoxy) is 1. The number of carbonyl (C=O) groups is 1. The van der Waals surface area contributed by atoms with Crippen LogP contribution in [0.2, 0.25) is 5.02 Å². The summed E-state index contributed by atoms with van der Waals surface area (Å²) in [5.41, 5.74) is 0.820. The van der Waals surface area contributed by atoms with Crippen molar-refractivity contribution in [2.75, 3.05) is 6.61 Å². The molecule has 0 saturated carbocycles. The van der Waals surface area contributed by atoms with E-state index in [1.54, 1.807) is 42.8 Å². The highest BCUT2D eigenvalue weighted by atomic mass is 35.5. The topological polar surface area (TPSA) is 89.9 Å². The molecule has 9 heteroatoms. The average Bonchev–Trinajstić information content (AvgIpc) is 3.00. The number of aromatic nitrogens is 4. The Hall–Kier alpha value is -2.32. The van der Waals surface area contributed by atoms with E-state index in [1.807, 2.05) is 0 Å². The molecule has 0 bridgehead atoms. The molecule has 0 aliphatic rings. The molecule has 1 N–H and O–H groups in total. The summed E-state index contributed by atoms with van der Waals surface area (Å²) < 4.78 is 6.53. The van der Waals surface area contributed by atoms with E-state index in [4.69, 9.17) is 16.3 Å². The van der Waals surface area contributed by atoms with Crippen molar-refractivity contribution in [1.29, 1.82) is 0 Å². The summed E-state index contributed by atoms with van der Waals surface area (Å²) >= 11 is 7.03. The largest absolute Gasteiger partial charge is 0.465 e. The first-order valence-corrected chi connectivity index (χ1v) is 8.82. The molecular weight excluding hydrogens is 364 g/mol. The van der Waals surface area contributed by atoms with Crippen LogP contribution >= 0.6 is 23.4 Å². The standard InChI is InChI=1S/C16H15ClN4O3S/c1-3-24-15(23)9(2)25-16-19-13-12(14(22)20-16)8-18-21(13)11-6-4-10(17)5-7-11/h4-9H,3H2,1-2H3,(H,19,20,22). The Morgan fingerprint density at radius 2 is 2.12 bits per heavy atom. The monoisotopic (exact) mass is 378 g/mol. The fraction of sp³-hybridized carbons (Fsp3) is 0.250. The second-order valence-electron chi connectivity index (χ2n) is 5.15. The van der Waals surface area contributed by atoms with Crippen LogP contribution in [0.25, 0.3) is 16.7 Å². The number of nitrogens with zero attached hydrogens (tertiary/aromatic N) is 3. The minimum Gasteiger partial charge on any atom is -0.465 e. The molecule has 1 unspecified atom stereocenters. The van der Waals surface area contributed by atoms with Crippen LogP contribution in [0, 0.1) is 0 Å². The van der Waals surface area contributed by atoms with Gasteiger partial charge in [0.1, 0.15) is 10.6 Å². The molecule has 7 nitrogen and oxygen atoms in total. The van der Waals surface area contributed by atoms with Gasteiger partial charge in [0.05, 0.1) is 18.5 Å². The van der Waals surface area contributed by atoms with E-state index in [2.05, 4.69) is 15.1 Å². The normalized spacial score (nSPS) is 12.3. The molecule has 3 rings (SSSR count). The first-order valence-electron chi connectivity index (χ1n) is 7.57. The Morgan fingerprint density at radius 3 is 2.80 bits per heavy atom. The summed E-state index contributed by atoms with van der Waals surface area (Å²) in [7, 11) is 0. The van der Waals surface area contributed by atoms with Gasteiger partial charge in [-0.05, 0) is 38.1 Å². The van der Waals surface area contributed by atoms with Crippen LogP contribution < -0.4 is 5.56 Å². The lowest BCUT2D eigenvalue weighted by molar-refractivity contribution is -0.142. The van der Waals surface area contributed by atoms with Crippen LogP contribution in [-0.4, -0.2) is 37.6 Å². The zero-order valence-corrected chi connectivity index (χ0v) is 15.1. The van der Waals surface area contributed by atoms with Crippen molar-refractivity contribution in [2.45, 2.75) is 24.3 Å². The Morgan fingerprint density at radius 1 is 1.40 bits per heavy atom. The van der Waals surface area contributed by atoms with Gasteiger partial charge in [0.15, 0.2) is 10.8 Å². The molecule has 0 aliphatic carbocycles. The number of aromatic amines is 1. The second-order valence-corrected chi connectivity index (χ2v) is 6.92. The summed E-state index contributed by atoms with van der Waals surface area (Å²) in [6.07, 6.45) is 1.46. The SMILES string of the molecule is CCOC(=O)C(C)Sc1nc2c(cnn2-c2ccc(Cl)cc2)c(=O)[nH]1. The Labute approximate surface area is 152 Å². The predicted molar refractivity (Wildman–Crippen MR) is 96.4 cm³/mol. The van der Waals surface area contributed by atoms with Crippen LogP contribution in [0.4, 0.5) is 0 Å². The van der Waals surface area contributed by atoms with Gasteiger partial charge in [0.25, 0.3) is 5.56 Å². The second kappa shape index (κ2) is 7.28. The molecule has 0 saturated heterocycles. The summed E-state index contributed by atoms with van der Waals surface area (Å²) in [5, 5.41) is 5.03. The van der Waals surface area contributed by atoms with Gasteiger partial charge in [-0.15, -0.1) is 0 Å². The fourth-order valence-corrected chi connectivity index (χ4v) is 3.12. The molecule has 3 aromatic rings. The zero-order chi connectivity index (χ0) is 18.0. The van der Waals surface area contributed by atoms with Gasteiger partial charge in [0.2, 0.25) is 0 Å². The molecule has 0 aliphatic heterocycles. The van der Waals surface area contributed by atoms with Crippen molar-refractivity contribution >= 4 is 40.4 Å². The van der Waals surface area contributed by atoms with E-state index < -0.39 is 5.25 Å². The average molecular weight is 379 g/mol. The maximum atomic E-state index is 12.3. The molecule has 0 spiro atoms. The van der Waals surface area contributed by atoms with E-state index in [0.717, 1.165) is 17.4 Å².